The number of anilines is 1. The second kappa shape index (κ2) is 9.49. The number of amides is 1. The zero-order chi connectivity index (χ0) is 23.4. The molecule has 0 aliphatic rings. The molecule has 10 heteroatoms. The Kier molecular flexibility index (Phi) is 6.95. The first-order valence-electron chi connectivity index (χ1n) is 9.33. The van der Waals surface area contributed by atoms with Gasteiger partial charge in [0.25, 0.3) is 0 Å². The molecule has 1 amide bonds. The van der Waals surface area contributed by atoms with Crippen LogP contribution in [0.5, 0.6) is 0 Å². The van der Waals surface area contributed by atoms with E-state index in [0.717, 1.165) is 24.3 Å². The summed E-state index contributed by atoms with van der Waals surface area (Å²) in [5.41, 5.74) is -0.773. The van der Waals surface area contributed by atoms with Crippen LogP contribution in [0.3, 0.4) is 0 Å². The van der Waals surface area contributed by atoms with Gasteiger partial charge in [0.05, 0.1) is 17.0 Å². The SMILES string of the molecule is O=C(CN(Cc1ccccc1)S(=O)(=O)c1ccccc1C(F)(F)F)Nc1cccc(F)c1. The van der Waals surface area contributed by atoms with Gasteiger partial charge in [0.1, 0.15) is 5.82 Å². The van der Waals surface area contributed by atoms with Crippen LogP contribution in [0.4, 0.5) is 23.2 Å². The van der Waals surface area contributed by atoms with Crippen molar-refractivity contribution in [2.75, 3.05) is 11.9 Å². The summed E-state index contributed by atoms with van der Waals surface area (Å²) < 4.78 is 80.9. The summed E-state index contributed by atoms with van der Waals surface area (Å²) in [7, 11) is -4.73. The number of hydrogen-bond donors (Lipinski definition) is 1. The maximum absolute atomic E-state index is 13.5. The zero-order valence-electron chi connectivity index (χ0n) is 16.5. The van der Waals surface area contributed by atoms with Crippen LogP contribution in [0.25, 0.3) is 0 Å². The molecule has 168 valence electrons. The first kappa shape index (κ1) is 23.4. The second-order valence-corrected chi connectivity index (χ2v) is 8.72. The lowest BCUT2D eigenvalue weighted by Gasteiger charge is -2.24. The van der Waals surface area contributed by atoms with E-state index in [1.54, 1.807) is 30.3 Å². The van der Waals surface area contributed by atoms with E-state index < -0.39 is 44.9 Å². The van der Waals surface area contributed by atoms with Gasteiger partial charge in [-0.15, -0.1) is 0 Å². The fourth-order valence-electron chi connectivity index (χ4n) is 3.00. The number of alkyl halides is 3. The zero-order valence-corrected chi connectivity index (χ0v) is 17.3. The third kappa shape index (κ3) is 5.71. The molecule has 0 fully saturated rings. The Labute approximate surface area is 182 Å². The monoisotopic (exact) mass is 466 g/mol. The number of halogens is 4. The van der Waals surface area contributed by atoms with Crippen molar-refractivity contribution in [3.63, 3.8) is 0 Å². The van der Waals surface area contributed by atoms with Gasteiger partial charge in [-0.3, -0.25) is 4.79 Å². The lowest BCUT2D eigenvalue weighted by Crippen LogP contribution is -2.38. The van der Waals surface area contributed by atoms with Gasteiger partial charge in [0.2, 0.25) is 15.9 Å². The number of nitrogens with zero attached hydrogens (tertiary/aromatic N) is 1. The van der Waals surface area contributed by atoms with Crippen molar-refractivity contribution in [3.8, 4) is 0 Å². The number of carbonyl (C=O) groups is 1. The van der Waals surface area contributed by atoms with E-state index in [0.29, 0.717) is 15.9 Å². The molecular formula is C22H18F4N2O3S. The molecule has 0 atom stereocenters. The molecular weight excluding hydrogens is 448 g/mol. The molecule has 0 spiro atoms. The van der Waals surface area contributed by atoms with Crippen LogP contribution in [0.15, 0.2) is 83.8 Å². The standard InChI is InChI=1S/C22H18F4N2O3S/c23-17-9-6-10-18(13-17)27-21(29)15-28(14-16-7-2-1-3-8-16)32(30,31)20-12-5-4-11-19(20)22(24,25)26/h1-13H,14-15H2,(H,27,29). The van der Waals surface area contributed by atoms with Gasteiger partial charge in [0, 0.05) is 12.2 Å². The van der Waals surface area contributed by atoms with Crippen LogP contribution in [0, 0.1) is 5.82 Å². The first-order chi connectivity index (χ1) is 15.1. The van der Waals surface area contributed by atoms with Crippen LogP contribution >= 0.6 is 0 Å². The van der Waals surface area contributed by atoms with E-state index in [9.17, 15) is 30.8 Å². The summed E-state index contributed by atoms with van der Waals surface area (Å²) in [5, 5.41) is 2.36. The van der Waals surface area contributed by atoms with Gasteiger partial charge in [-0.1, -0.05) is 48.5 Å². The van der Waals surface area contributed by atoms with Gasteiger partial charge in [-0.05, 0) is 35.9 Å². The average Bonchev–Trinajstić information content (AvgIpc) is 2.73. The first-order valence-corrected chi connectivity index (χ1v) is 10.8. The number of nitrogens with one attached hydrogen (secondary N) is 1. The smallest absolute Gasteiger partial charge is 0.325 e. The Morgan fingerprint density at radius 3 is 2.22 bits per heavy atom. The predicted octanol–water partition coefficient (Wildman–Crippen LogP) is 4.67. The maximum Gasteiger partial charge on any atom is 0.417 e. The van der Waals surface area contributed by atoms with Crippen LogP contribution in [0.2, 0.25) is 0 Å². The van der Waals surface area contributed by atoms with E-state index in [4.69, 9.17) is 0 Å². The lowest BCUT2D eigenvalue weighted by molar-refractivity contribution is -0.139. The third-order valence-corrected chi connectivity index (χ3v) is 6.29. The number of benzene rings is 3. The molecule has 3 aromatic rings. The lowest BCUT2D eigenvalue weighted by atomic mass is 10.2. The van der Waals surface area contributed by atoms with Crippen molar-refractivity contribution >= 4 is 21.6 Å². The second-order valence-electron chi connectivity index (χ2n) is 6.81. The van der Waals surface area contributed by atoms with Crippen LogP contribution in [-0.4, -0.2) is 25.2 Å². The normalized spacial score (nSPS) is 12.0. The molecule has 0 saturated heterocycles. The Morgan fingerprint density at radius 1 is 0.906 bits per heavy atom. The molecule has 1 N–H and O–H groups in total. The molecule has 3 aromatic carbocycles. The molecule has 3 rings (SSSR count). The molecule has 0 aromatic heterocycles. The minimum absolute atomic E-state index is 0.0859. The van der Waals surface area contributed by atoms with Crippen molar-refractivity contribution in [1.29, 1.82) is 0 Å². The van der Waals surface area contributed by atoms with Gasteiger partial charge in [-0.25, -0.2) is 12.8 Å². The van der Waals surface area contributed by atoms with E-state index in [-0.39, 0.29) is 12.2 Å². The van der Waals surface area contributed by atoms with Crippen molar-refractivity contribution in [2.24, 2.45) is 0 Å². The largest absolute Gasteiger partial charge is 0.417 e. The van der Waals surface area contributed by atoms with Gasteiger partial charge in [0.15, 0.2) is 0 Å². The van der Waals surface area contributed by atoms with E-state index in [1.165, 1.54) is 18.2 Å². The van der Waals surface area contributed by atoms with Crippen molar-refractivity contribution in [3.05, 3.63) is 95.8 Å². The fraction of sp³-hybridized carbons (Fsp3) is 0.136. The molecule has 0 bridgehead atoms. The molecule has 5 nitrogen and oxygen atoms in total. The van der Waals surface area contributed by atoms with Crippen molar-refractivity contribution < 1.29 is 30.8 Å². The van der Waals surface area contributed by atoms with Crippen LogP contribution < -0.4 is 5.32 Å². The summed E-state index contributed by atoms with van der Waals surface area (Å²) in [6.07, 6.45) is -4.91. The predicted molar refractivity (Wildman–Crippen MR) is 111 cm³/mol. The fourth-order valence-corrected chi connectivity index (χ4v) is 4.60. The number of sulfonamides is 1. The van der Waals surface area contributed by atoms with Crippen molar-refractivity contribution in [2.45, 2.75) is 17.6 Å². The highest BCUT2D eigenvalue weighted by atomic mass is 32.2. The Bertz CT molecular complexity index is 1200. The summed E-state index contributed by atoms with van der Waals surface area (Å²) in [6.45, 7) is -1.12. The number of rotatable bonds is 7. The van der Waals surface area contributed by atoms with E-state index >= 15 is 0 Å². The topological polar surface area (TPSA) is 66.5 Å². The highest BCUT2D eigenvalue weighted by Gasteiger charge is 2.39. The Morgan fingerprint density at radius 2 is 1.56 bits per heavy atom. The number of hydrogen-bond acceptors (Lipinski definition) is 3. The number of carbonyl (C=O) groups excluding carboxylic acids is 1. The molecule has 0 saturated carbocycles. The van der Waals surface area contributed by atoms with E-state index in [2.05, 4.69) is 5.32 Å². The molecule has 0 aliphatic heterocycles. The molecule has 0 heterocycles. The highest BCUT2D eigenvalue weighted by Crippen LogP contribution is 2.35. The summed E-state index contributed by atoms with van der Waals surface area (Å²) in [5.74, 6) is -1.45. The molecule has 0 unspecified atom stereocenters. The van der Waals surface area contributed by atoms with Gasteiger partial charge in [-0.2, -0.15) is 17.5 Å². The quantitative estimate of drug-likeness (QED) is 0.515. The third-order valence-electron chi connectivity index (χ3n) is 4.44. The van der Waals surface area contributed by atoms with E-state index in [1.807, 2.05) is 0 Å². The minimum atomic E-state index is -4.91. The van der Waals surface area contributed by atoms with Crippen LogP contribution in [0.1, 0.15) is 11.1 Å². The highest BCUT2D eigenvalue weighted by molar-refractivity contribution is 7.89. The summed E-state index contributed by atoms with van der Waals surface area (Å²) in [4.78, 5) is 11.6. The minimum Gasteiger partial charge on any atom is -0.325 e. The Hall–Kier alpha value is -3.24. The van der Waals surface area contributed by atoms with Gasteiger partial charge < -0.3 is 5.32 Å². The maximum atomic E-state index is 13.5. The summed E-state index contributed by atoms with van der Waals surface area (Å²) >= 11 is 0. The van der Waals surface area contributed by atoms with Crippen molar-refractivity contribution in [1.82, 2.24) is 4.31 Å². The van der Waals surface area contributed by atoms with Gasteiger partial charge >= 0.3 is 6.18 Å². The molecule has 0 radical (unpaired) electrons. The van der Waals surface area contributed by atoms with Crippen LogP contribution in [-0.2, 0) is 27.5 Å². The molecule has 32 heavy (non-hydrogen) atoms. The average molecular weight is 466 g/mol. The Balaban J connectivity index is 1.96. The molecule has 0 aliphatic carbocycles. The summed E-state index contributed by atoms with van der Waals surface area (Å²) in [6, 6.07) is 16.9.